The lowest BCUT2D eigenvalue weighted by molar-refractivity contribution is -0.120. The second-order valence-corrected chi connectivity index (χ2v) is 4.45. The third-order valence-corrected chi connectivity index (χ3v) is 3.01. The van der Waals surface area contributed by atoms with Crippen molar-refractivity contribution in [1.29, 1.82) is 0 Å². The van der Waals surface area contributed by atoms with Gasteiger partial charge in [0.15, 0.2) is 0 Å². The summed E-state index contributed by atoms with van der Waals surface area (Å²) in [4.78, 5) is 11.5. The van der Waals surface area contributed by atoms with E-state index in [1.165, 1.54) is 0 Å². The highest BCUT2D eigenvalue weighted by Crippen LogP contribution is 2.22. The van der Waals surface area contributed by atoms with Gasteiger partial charge in [0.25, 0.3) is 0 Å². The minimum atomic E-state index is 0.0155. The second-order valence-electron chi connectivity index (χ2n) is 3.59. The summed E-state index contributed by atoms with van der Waals surface area (Å²) >= 11 is 3.47. The molecule has 4 heteroatoms. The van der Waals surface area contributed by atoms with Gasteiger partial charge in [0.1, 0.15) is 0 Å². The molecule has 0 bridgehead atoms. The van der Waals surface area contributed by atoms with Crippen molar-refractivity contribution in [3.63, 3.8) is 0 Å². The van der Waals surface area contributed by atoms with Gasteiger partial charge in [-0.3, -0.25) is 4.79 Å². The smallest absolute Gasteiger partial charge is 0.234 e. The number of amides is 1. The highest BCUT2D eigenvalue weighted by atomic mass is 79.9. The van der Waals surface area contributed by atoms with Crippen molar-refractivity contribution in [2.45, 2.75) is 19.9 Å². The Morgan fingerprint density at radius 2 is 2.12 bits per heavy atom. The SMILES string of the molecule is CCNCC(=O)N[C@@H](C)c1ccccc1Br. The number of nitrogens with one attached hydrogen (secondary N) is 2. The Labute approximate surface area is 105 Å². The highest BCUT2D eigenvalue weighted by molar-refractivity contribution is 9.10. The summed E-state index contributed by atoms with van der Waals surface area (Å²) in [6.45, 7) is 5.12. The van der Waals surface area contributed by atoms with Crippen LogP contribution in [0, 0.1) is 0 Å². The number of benzene rings is 1. The van der Waals surface area contributed by atoms with E-state index < -0.39 is 0 Å². The van der Waals surface area contributed by atoms with E-state index in [0.717, 1.165) is 16.6 Å². The molecule has 0 spiro atoms. The predicted molar refractivity (Wildman–Crippen MR) is 69.2 cm³/mol. The van der Waals surface area contributed by atoms with Crippen molar-refractivity contribution in [1.82, 2.24) is 10.6 Å². The lowest BCUT2D eigenvalue weighted by atomic mass is 10.1. The molecule has 0 radical (unpaired) electrons. The standard InChI is InChI=1S/C12H17BrN2O/c1-3-14-8-12(16)15-9(2)10-6-4-5-7-11(10)13/h4-7,9,14H,3,8H2,1-2H3,(H,15,16)/t9-/m0/s1. The van der Waals surface area contributed by atoms with E-state index >= 15 is 0 Å². The predicted octanol–water partition coefficient (Wildman–Crippen LogP) is 2.24. The molecule has 1 rings (SSSR count). The molecule has 3 nitrogen and oxygen atoms in total. The molecule has 0 saturated heterocycles. The van der Waals surface area contributed by atoms with Crippen molar-refractivity contribution >= 4 is 21.8 Å². The molecule has 1 aromatic rings. The number of hydrogen-bond donors (Lipinski definition) is 2. The maximum atomic E-state index is 11.5. The first-order chi connectivity index (χ1) is 7.65. The van der Waals surface area contributed by atoms with E-state index in [-0.39, 0.29) is 11.9 Å². The molecule has 0 heterocycles. The number of carbonyl (C=O) groups excluding carboxylic acids is 1. The lowest BCUT2D eigenvalue weighted by Gasteiger charge is -2.15. The average molecular weight is 285 g/mol. The molecule has 16 heavy (non-hydrogen) atoms. The molecule has 0 aliphatic heterocycles. The number of likely N-dealkylation sites (N-methyl/N-ethyl adjacent to an activating group) is 1. The molecule has 0 unspecified atom stereocenters. The van der Waals surface area contributed by atoms with E-state index in [4.69, 9.17) is 0 Å². The van der Waals surface area contributed by atoms with E-state index in [9.17, 15) is 4.79 Å². The third-order valence-electron chi connectivity index (χ3n) is 2.28. The first kappa shape index (κ1) is 13.2. The summed E-state index contributed by atoms with van der Waals surface area (Å²) in [5.74, 6) is 0.0186. The van der Waals surface area contributed by atoms with Crippen LogP contribution in [-0.2, 0) is 4.79 Å². The molecule has 2 N–H and O–H groups in total. The van der Waals surface area contributed by atoms with Crippen molar-refractivity contribution < 1.29 is 4.79 Å². The van der Waals surface area contributed by atoms with E-state index in [0.29, 0.717) is 6.54 Å². The van der Waals surface area contributed by atoms with Crippen LogP contribution in [0.4, 0.5) is 0 Å². The molecule has 0 aromatic heterocycles. The largest absolute Gasteiger partial charge is 0.348 e. The number of carbonyl (C=O) groups is 1. The average Bonchev–Trinajstić information content (AvgIpc) is 2.26. The summed E-state index contributed by atoms with van der Waals surface area (Å²) in [7, 11) is 0. The summed E-state index contributed by atoms with van der Waals surface area (Å²) in [5, 5.41) is 5.94. The Morgan fingerprint density at radius 1 is 1.44 bits per heavy atom. The highest BCUT2D eigenvalue weighted by Gasteiger charge is 2.10. The maximum absolute atomic E-state index is 11.5. The Hall–Kier alpha value is -0.870. The van der Waals surface area contributed by atoms with Crippen molar-refractivity contribution in [2.75, 3.05) is 13.1 Å². The lowest BCUT2D eigenvalue weighted by Crippen LogP contribution is -2.35. The zero-order valence-electron chi connectivity index (χ0n) is 9.59. The molecule has 1 amide bonds. The molecule has 1 aromatic carbocycles. The molecular weight excluding hydrogens is 268 g/mol. The van der Waals surface area contributed by atoms with Gasteiger partial charge in [0.05, 0.1) is 12.6 Å². The molecule has 1 atom stereocenters. The van der Waals surface area contributed by atoms with E-state index in [2.05, 4.69) is 26.6 Å². The van der Waals surface area contributed by atoms with Crippen molar-refractivity contribution in [3.8, 4) is 0 Å². The van der Waals surface area contributed by atoms with E-state index in [1.807, 2.05) is 38.1 Å². The van der Waals surface area contributed by atoms with Gasteiger partial charge in [0, 0.05) is 4.47 Å². The monoisotopic (exact) mass is 284 g/mol. The van der Waals surface area contributed by atoms with E-state index in [1.54, 1.807) is 0 Å². The van der Waals surface area contributed by atoms with Gasteiger partial charge in [-0.15, -0.1) is 0 Å². The fourth-order valence-corrected chi connectivity index (χ4v) is 2.06. The quantitative estimate of drug-likeness (QED) is 0.871. The van der Waals surface area contributed by atoms with Gasteiger partial charge < -0.3 is 10.6 Å². The summed E-state index contributed by atoms with van der Waals surface area (Å²) in [5.41, 5.74) is 1.09. The van der Waals surface area contributed by atoms with Crippen LogP contribution in [0.2, 0.25) is 0 Å². The van der Waals surface area contributed by atoms with Gasteiger partial charge in [-0.05, 0) is 25.1 Å². The van der Waals surface area contributed by atoms with Crippen LogP contribution in [-0.4, -0.2) is 19.0 Å². The summed E-state index contributed by atoms with van der Waals surface area (Å²) in [6.07, 6.45) is 0. The van der Waals surface area contributed by atoms with Crippen LogP contribution in [0.3, 0.4) is 0 Å². The van der Waals surface area contributed by atoms with Gasteiger partial charge >= 0.3 is 0 Å². The number of rotatable bonds is 5. The van der Waals surface area contributed by atoms with Gasteiger partial charge in [-0.25, -0.2) is 0 Å². The van der Waals surface area contributed by atoms with Gasteiger partial charge in [-0.1, -0.05) is 41.1 Å². The normalized spacial score (nSPS) is 12.2. The fraction of sp³-hybridized carbons (Fsp3) is 0.417. The molecule has 0 aliphatic carbocycles. The van der Waals surface area contributed by atoms with Crippen molar-refractivity contribution in [2.24, 2.45) is 0 Å². The Balaban J connectivity index is 2.55. The third kappa shape index (κ3) is 3.94. The Bertz CT molecular complexity index is 355. The molecule has 88 valence electrons. The zero-order chi connectivity index (χ0) is 12.0. The van der Waals surface area contributed by atoms with Crippen LogP contribution < -0.4 is 10.6 Å². The van der Waals surface area contributed by atoms with Crippen LogP contribution in [0.25, 0.3) is 0 Å². The maximum Gasteiger partial charge on any atom is 0.234 e. The minimum absolute atomic E-state index is 0.0155. The van der Waals surface area contributed by atoms with Crippen LogP contribution in [0.5, 0.6) is 0 Å². The summed E-state index contributed by atoms with van der Waals surface area (Å²) in [6, 6.07) is 7.92. The molecular formula is C12H17BrN2O. The molecule has 0 fully saturated rings. The first-order valence-electron chi connectivity index (χ1n) is 5.39. The topological polar surface area (TPSA) is 41.1 Å². The van der Waals surface area contributed by atoms with Crippen LogP contribution in [0.1, 0.15) is 25.5 Å². The van der Waals surface area contributed by atoms with Gasteiger partial charge in [0.2, 0.25) is 5.91 Å². The Kier molecular flexibility index (Phi) is 5.49. The van der Waals surface area contributed by atoms with Crippen LogP contribution in [0.15, 0.2) is 28.7 Å². The second kappa shape index (κ2) is 6.66. The minimum Gasteiger partial charge on any atom is -0.348 e. The molecule has 0 saturated carbocycles. The summed E-state index contributed by atoms with van der Waals surface area (Å²) < 4.78 is 1.02. The van der Waals surface area contributed by atoms with Crippen molar-refractivity contribution in [3.05, 3.63) is 34.3 Å². The Morgan fingerprint density at radius 3 is 2.75 bits per heavy atom. The fourth-order valence-electron chi connectivity index (χ4n) is 1.44. The number of halogens is 1. The zero-order valence-corrected chi connectivity index (χ0v) is 11.2. The number of hydrogen-bond acceptors (Lipinski definition) is 2. The van der Waals surface area contributed by atoms with Crippen LogP contribution >= 0.6 is 15.9 Å². The van der Waals surface area contributed by atoms with Gasteiger partial charge in [-0.2, -0.15) is 0 Å². The first-order valence-corrected chi connectivity index (χ1v) is 6.19. The molecule has 0 aliphatic rings.